The molecule has 2 rings (SSSR count). The molecule has 2 nitrogen and oxygen atoms in total. The molecule has 0 fully saturated rings. The van der Waals surface area contributed by atoms with Gasteiger partial charge in [0.1, 0.15) is 0 Å². The Labute approximate surface area is 120 Å². The van der Waals surface area contributed by atoms with Gasteiger partial charge >= 0.3 is 0 Å². The quantitative estimate of drug-likeness (QED) is 0.840. The number of aryl methyl sites for hydroxylation is 2. The van der Waals surface area contributed by atoms with E-state index in [1.54, 1.807) is 6.08 Å². The van der Waals surface area contributed by atoms with Crippen molar-refractivity contribution in [3.63, 3.8) is 0 Å². The highest BCUT2D eigenvalue weighted by atomic mass is 16.1. The Balaban J connectivity index is 1.92. The number of benzene rings is 2. The third-order valence-electron chi connectivity index (χ3n) is 3.15. The second-order valence-corrected chi connectivity index (χ2v) is 4.90. The molecule has 20 heavy (non-hydrogen) atoms. The van der Waals surface area contributed by atoms with Crippen molar-refractivity contribution in [3.8, 4) is 0 Å². The molecule has 1 N–H and O–H groups in total. The predicted octanol–water partition coefficient (Wildman–Crippen LogP) is 3.63. The first-order chi connectivity index (χ1) is 9.65. The van der Waals surface area contributed by atoms with Crippen molar-refractivity contribution in [2.45, 2.75) is 20.4 Å². The maximum atomic E-state index is 11.8. The minimum absolute atomic E-state index is 0.0752. The van der Waals surface area contributed by atoms with Gasteiger partial charge in [-0.2, -0.15) is 0 Å². The highest BCUT2D eigenvalue weighted by Gasteiger charge is 1.98. The summed E-state index contributed by atoms with van der Waals surface area (Å²) < 4.78 is 0. The summed E-state index contributed by atoms with van der Waals surface area (Å²) in [6.45, 7) is 4.67. The van der Waals surface area contributed by atoms with Crippen LogP contribution in [0.1, 0.15) is 22.3 Å². The van der Waals surface area contributed by atoms with Crippen LogP contribution in [0, 0.1) is 13.8 Å². The fraction of sp³-hybridized carbons (Fsp3) is 0.167. The number of hydrogen-bond donors (Lipinski definition) is 1. The lowest BCUT2D eigenvalue weighted by Crippen LogP contribution is -2.20. The zero-order valence-corrected chi connectivity index (χ0v) is 11.9. The summed E-state index contributed by atoms with van der Waals surface area (Å²) in [6, 6.07) is 16.1. The van der Waals surface area contributed by atoms with Crippen LogP contribution in [0.3, 0.4) is 0 Å². The summed E-state index contributed by atoms with van der Waals surface area (Å²) in [7, 11) is 0. The molecule has 0 saturated heterocycles. The zero-order valence-electron chi connectivity index (χ0n) is 11.9. The number of amides is 1. The Morgan fingerprint density at radius 2 is 1.85 bits per heavy atom. The maximum Gasteiger partial charge on any atom is 0.244 e. The number of carbonyl (C=O) groups is 1. The summed E-state index contributed by atoms with van der Waals surface area (Å²) in [6.07, 6.45) is 3.44. The predicted molar refractivity (Wildman–Crippen MR) is 83.2 cm³/mol. The lowest BCUT2D eigenvalue weighted by Gasteiger charge is -2.03. The number of hydrogen-bond acceptors (Lipinski definition) is 1. The largest absolute Gasteiger partial charge is 0.348 e. The molecular formula is C18H19NO. The van der Waals surface area contributed by atoms with Crippen LogP contribution in [-0.2, 0) is 11.3 Å². The SMILES string of the molecule is Cc1ccc(C=CC(=O)NCc2ccccc2)c(C)c1. The molecule has 0 heterocycles. The van der Waals surface area contributed by atoms with E-state index in [2.05, 4.69) is 31.3 Å². The summed E-state index contributed by atoms with van der Waals surface area (Å²) in [4.78, 5) is 11.8. The molecule has 0 aromatic heterocycles. The second kappa shape index (κ2) is 6.71. The van der Waals surface area contributed by atoms with Gasteiger partial charge in [0.2, 0.25) is 5.91 Å². The van der Waals surface area contributed by atoms with Gasteiger partial charge in [-0.05, 0) is 36.6 Å². The lowest BCUT2D eigenvalue weighted by atomic mass is 10.1. The molecule has 2 aromatic carbocycles. The van der Waals surface area contributed by atoms with Gasteiger partial charge in [0.05, 0.1) is 0 Å². The van der Waals surface area contributed by atoms with Gasteiger partial charge < -0.3 is 5.32 Å². The highest BCUT2D eigenvalue weighted by molar-refractivity contribution is 5.91. The maximum absolute atomic E-state index is 11.8. The summed E-state index contributed by atoms with van der Waals surface area (Å²) in [5.74, 6) is -0.0752. The topological polar surface area (TPSA) is 29.1 Å². The van der Waals surface area contributed by atoms with Crippen LogP contribution >= 0.6 is 0 Å². The van der Waals surface area contributed by atoms with Crippen LogP contribution in [0.15, 0.2) is 54.6 Å². The molecule has 2 aromatic rings. The van der Waals surface area contributed by atoms with Crippen LogP contribution in [0.25, 0.3) is 6.08 Å². The fourth-order valence-electron chi connectivity index (χ4n) is 2.02. The van der Waals surface area contributed by atoms with E-state index >= 15 is 0 Å². The van der Waals surface area contributed by atoms with E-state index in [0.29, 0.717) is 6.54 Å². The average molecular weight is 265 g/mol. The Morgan fingerprint density at radius 3 is 2.55 bits per heavy atom. The van der Waals surface area contributed by atoms with Gasteiger partial charge in [-0.15, -0.1) is 0 Å². The molecule has 102 valence electrons. The van der Waals surface area contributed by atoms with Gasteiger partial charge in [0.25, 0.3) is 0 Å². The van der Waals surface area contributed by atoms with Crippen LogP contribution in [0.5, 0.6) is 0 Å². The zero-order chi connectivity index (χ0) is 14.4. The van der Waals surface area contributed by atoms with Gasteiger partial charge in [0.15, 0.2) is 0 Å². The van der Waals surface area contributed by atoms with E-state index in [4.69, 9.17) is 0 Å². The molecule has 0 aliphatic heterocycles. The summed E-state index contributed by atoms with van der Waals surface area (Å²) >= 11 is 0. The van der Waals surface area contributed by atoms with Crippen molar-refractivity contribution >= 4 is 12.0 Å². The van der Waals surface area contributed by atoms with Crippen LogP contribution in [0.2, 0.25) is 0 Å². The van der Waals surface area contributed by atoms with Crippen molar-refractivity contribution in [2.75, 3.05) is 0 Å². The van der Waals surface area contributed by atoms with E-state index in [0.717, 1.165) is 11.1 Å². The molecule has 0 unspecified atom stereocenters. The minimum Gasteiger partial charge on any atom is -0.348 e. The van der Waals surface area contributed by atoms with Crippen molar-refractivity contribution in [2.24, 2.45) is 0 Å². The molecule has 2 heteroatoms. The van der Waals surface area contributed by atoms with E-state index in [-0.39, 0.29) is 5.91 Å². The van der Waals surface area contributed by atoms with Gasteiger partial charge in [0, 0.05) is 12.6 Å². The van der Waals surface area contributed by atoms with Crippen molar-refractivity contribution in [3.05, 3.63) is 76.9 Å². The van der Waals surface area contributed by atoms with Gasteiger partial charge in [-0.25, -0.2) is 0 Å². The first-order valence-corrected chi connectivity index (χ1v) is 6.72. The average Bonchev–Trinajstić information content (AvgIpc) is 2.45. The first kappa shape index (κ1) is 14.1. The molecular weight excluding hydrogens is 246 g/mol. The third kappa shape index (κ3) is 4.09. The monoisotopic (exact) mass is 265 g/mol. The minimum atomic E-state index is -0.0752. The summed E-state index contributed by atoms with van der Waals surface area (Å²) in [5.41, 5.74) is 4.58. The highest BCUT2D eigenvalue weighted by Crippen LogP contribution is 2.11. The summed E-state index contributed by atoms with van der Waals surface area (Å²) in [5, 5.41) is 2.87. The van der Waals surface area contributed by atoms with Gasteiger partial charge in [-0.3, -0.25) is 4.79 Å². The van der Waals surface area contributed by atoms with E-state index in [1.807, 2.05) is 42.5 Å². The van der Waals surface area contributed by atoms with Crippen molar-refractivity contribution in [1.82, 2.24) is 5.32 Å². The normalized spacial score (nSPS) is 10.7. The Kier molecular flexibility index (Phi) is 4.72. The van der Waals surface area contributed by atoms with Crippen LogP contribution in [-0.4, -0.2) is 5.91 Å². The molecule has 0 radical (unpaired) electrons. The first-order valence-electron chi connectivity index (χ1n) is 6.72. The molecule has 0 saturated carbocycles. The Hall–Kier alpha value is -2.35. The molecule has 0 atom stereocenters. The molecule has 1 amide bonds. The Morgan fingerprint density at radius 1 is 1.10 bits per heavy atom. The third-order valence-corrected chi connectivity index (χ3v) is 3.15. The van der Waals surface area contributed by atoms with Crippen molar-refractivity contribution in [1.29, 1.82) is 0 Å². The molecule has 0 aliphatic carbocycles. The van der Waals surface area contributed by atoms with E-state index in [1.165, 1.54) is 11.1 Å². The smallest absolute Gasteiger partial charge is 0.244 e. The van der Waals surface area contributed by atoms with Crippen LogP contribution in [0.4, 0.5) is 0 Å². The van der Waals surface area contributed by atoms with E-state index < -0.39 is 0 Å². The van der Waals surface area contributed by atoms with Crippen LogP contribution < -0.4 is 5.32 Å². The Bertz CT molecular complexity index is 615. The standard InChI is InChI=1S/C18H19NO/c1-14-8-9-17(15(2)12-14)10-11-18(20)19-13-16-6-4-3-5-7-16/h3-12H,13H2,1-2H3,(H,19,20). The molecule has 0 bridgehead atoms. The number of carbonyl (C=O) groups excluding carboxylic acids is 1. The number of rotatable bonds is 4. The molecule has 0 aliphatic rings. The van der Waals surface area contributed by atoms with Crippen molar-refractivity contribution < 1.29 is 4.79 Å². The fourth-order valence-corrected chi connectivity index (χ4v) is 2.02. The second-order valence-electron chi connectivity index (χ2n) is 4.90. The van der Waals surface area contributed by atoms with E-state index in [9.17, 15) is 4.79 Å². The lowest BCUT2D eigenvalue weighted by molar-refractivity contribution is -0.116. The van der Waals surface area contributed by atoms with Gasteiger partial charge in [-0.1, -0.05) is 54.1 Å². The molecule has 0 spiro atoms. The number of nitrogens with one attached hydrogen (secondary N) is 1.